The molecule has 1 fully saturated rings. The monoisotopic (exact) mass is 587 g/mol. The van der Waals surface area contributed by atoms with Crippen molar-refractivity contribution < 1.29 is 32.6 Å². The van der Waals surface area contributed by atoms with Crippen LogP contribution in [0.15, 0.2) is 45.8 Å². The van der Waals surface area contributed by atoms with Crippen LogP contribution >= 0.6 is 23.7 Å². The Labute approximate surface area is 218 Å². The molecule has 13 heteroatoms. The average Bonchev–Trinajstić information content (AvgIpc) is 3.28. The maximum Gasteiger partial charge on any atom is 0.459 e. The lowest BCUT2D eigenvalue weighted by Gasteiger charge is -2.24. The van der Waals surface area contributed by atoms with Crippen molar-refractivity contribution in [3.8, 4) is 5.75 Å². The Bertz CT molecular complexity index is 1130. The van der Waals surface area contributed by atoms with Gasteiger partial charge in [0.1, 0.15) is 18.4 Å². The van der Waals surface area contributed by atoms with E-state index in [9.17, 15) is 14.2 Å². The van der Waals surface area contributed by atoms with Crippen molar-refractivity contribution in [1.29, 1.82) is 0 Å². The van der Waals surface area contributed by atoms with E-state index in [0.29, 0.717) is 12.1 Å². The maximum absolute atomic E-state index is 13.6. The second-order valence-corrected chi connectivity index (χ2v) is 10.9. The summed E-state index contributed by atoms with van der Waals surface area (Å²) in [7, 11) is -4.09. The summed E-state index contributed by atoms with van der Waals surface area (Å²) >= 11 is 3.33. The highest BCUT2D eigenvalue weighted by atomic mass is 79.9. The van der Waals surface area contributed by atoms with E-state index >= 15 is 0 Å². The fourth-order valence-corrected chi connectivity index (χ4v) is 5.07. The normalized spacial score (nSPS) is 20.9. The average molecular weight is 588 g/mol. The lowest BCUT2D eigenvalue weighted by Crippen LogP contribution is -2.37. The third kappa shape index (κ3) is 8.22. The number of nitrogens with one attached hydrogen (secondary N) is 1. The predicted molar refractivity (Wildman–Crippen MR) is 134 cm³/mol. The van der Waals surface area contributed by atoms with E-state index < -0.39 is 38.0 Å². The summed E-state index contributed by atoms with van der Waals surface area (Å²) in [4.78, 5) is 28.5. The minimum absolute atomic E-state index is 0.0714. The first-order valence-electron chi connectivity index (χ1n) is 11.6. The van der Waals surface area contributed by atoms with Crippen LogP contribution in [0, 0.1) is 6.92 Å². The Hall–Kier alpha value is -2.08. The van der Waals surface area contributed by atoms with Crippen molar-refractivity contribution in [3.63, 3.8) is 0 Å². The Balaban J connectivity index is 1.67. The topological polar surface area (TPSA) is 127 Å². The van der Waals surface area contributed by atoms with E-state index in [1.807, 2.05) is 6.92 Å². The van der Waals surface area contributed by atoms with Crippen LogP contribution in [0.4, 0.5) is 0 Å². The van der Waals surface area contributed by atoms with Gasteiger partial charge in [-0.1, -0.05) is 29.3 Å². The van der Waals surface area contributed by atoms with Gasteiger partial charge in [0.05, 0.1) is 12.7 Å². The fourth-order valence-electron chi connectivity index (χ4n) is 3.33. The van der Waals surface area contributed by atoms with E-state index in [4.69, 9.17) is 23.3 Å². The summed E-state index contributed by atoms with van der Waals surface area (Å²) in [6, 6.07) is 7.32. The van der Waals surface area contributed by atoms with Crippen molar-refractivity contribution >= 4 is 29.6 Å². The molecule has 0 amide bonds. The number of nitrogens with zero attached hydrogens (tertiary/aromatic N) is 2. The van der Waals surface area contributed by atoms with Gasteiger partial charge in [-0.25, -0.2) is 9.36 Å². The van der Waals surface area contributed by atoms with Gasteiger partial charge in [-0.05, 0) is 57.5 Å². The number of ether oxygens (including phenoxy) is 3. The summed E-state index contributed by atoms with van der Waals surface area (Å²) in [5, 5.41) is 2.63. The van der Waals surface area contributed by atoms with Crippen molar-refractivity contribution in [2.75, 3.05) is 13.2 Å². The van der Waals surface area contributed by atoms with E-state index in [1.54, 1.807) is 50.4 Å². The number of halogens is 1. The summed E-state index contributed by atoms with van der Waals surface area (Å²) < 4.78 is 43.7. The molecule has 11 nitrogen and oxygen atoms in total. The van der Waals surface area contributed by atoms with Crippen molar-refractivity contribution in [3.05, 3.63) is 57.2 Å². The molecule has 3 rings (SSSR count). The number of esters is 1. The minimum Gasteiger partial charge on any atom is -0.462 e. The van der Waals surface area contributed by atoms with Crippen LogP contribution in [0.3, 0.4) is 0 Å². The van der Waals surface area contributed by atoms with Gasteiger partial charge in [0.2, 0.25) is 0 Å². The van der Waals surface area contributed by atoms with Gasteiger partial charge < -0.3 is 18.7 Å². The summed E-state index contributed by atoms with van der Waals surface area (Å²) in [6.45, 7) is 6.79. The second-order valence-electron chi connectivity index (χ2n) is 8.34. The highest BCUT2D eigenvalue weighted by Crippen LogP contribution is 2.45. The molecule has 0 spiro atoms. The van der Waals surface area contributed by atoms with E-state index in [-0.39, 0.29) is 25.1 Å². The molecule has 198 valence electrons. The van der Waals surface area contributed by atoms with Crippen LogP contribution in [0.25, 0.3) is 0 Å². The molecule has 0 aliphatic carbocycles. The van der Waals surface area contributed by atoms with Crippen molar-refractivity contribution in [2.24, 2.45) is 0 Å². The summed E-state index contributed by atoms with van der Waals surface area (Å²) in [5.74, 6) is -0.323. The number of benzene rings is 1. The lowest BCUT2D eigenvalue weighted by atomic mass is 10.2. The molecule has 1 aliphatic rings. The molecule has 1 aromatic carbocycles. The third-order valence-electron chi connectivity index (χ3n) is 5.15. The predicted octanol–water partition coefficient (Wildman–Crippen LogP) is 4.10. The quantitative estimate of drug-likeness (QED) is 0.286. The molecular weight excluding hydrogens is 557 g/mol. The molecule has 0 bridgehead atoms. The molecular formula is C23H31BrN3O8P. The van der Waals surface area contributed by atoms with E-state index in [2.05, 4.69) is 26.0 Å². The molecule has 1 N–H and O–H groups in total. The van der Waals surface area contributed by atoms with Crippen LogP contribution in [-0.2, 0) is 28.1 Å². The zero-order valence-corrected chi connectivity index (χ0v) is 23.1. The van der Waals surface area contributed by atoms with Gasteiger partial charge in [0.25, 0.3) is 0 Å². The molecule has 0 unspecified atom stereocenters. The number of aryl methyl sites for hydroxylation is 1. The third-order valence-corrected chi connectivity index (χ3v) is 7.32. The Morgan fingerprint density at radius 2 is 2.03 bits per heavy atom. The molecule has 1 aliphatic heterocycles. The maximum atomic E-state index is 13.6. The number of hydrogen-bond donors (Lipinski definition) is 1. The van der Waals surface area contributed by atoms with Crippen LogP contribution in [-0.4, -0.2) is 47.2 Å². The molecule has 1 aromatic heterocycles. The molecule has 5 atom stereocenters. The van der Waals surface area contributed by atoms with Crippen LogP contribution in [0.2, 0.25) is 0 Å². The lowest BCUT2D eigenvalue weighted by molar-refractivity contribution is -0.150. The Morgan fingerprint density at radius 1 is 1.31 bits per heavy atom. The Kier molecular flexibility index (Phi) is 10.2. The smallest absolute Gasteiger partial charge is 0.459 e. The van der Waals surface area contributed by atoms with Crippen molar-refractivity contribution in [1.82, 2.24) is 14.6 Å². The van der Waals surface area contributed by atoms with Gasteiger partial charge >= 0.3 is 19.4 Å². The van der Waals surface area contributed by atoms with Crippen LogP contribution < -0.4 is 15.3 Å². The first kappa shape index (κ1) is 28.5. The summed E-state index contributed by atoms with van der Waals surface area (Å²) in [5.41, 5.74) is 0.115. The zero-order valence-electron chi connectivity index (χ0n) is 20.6. The fraction of sp³-hybridized carbons (Fsp3) is 0.522. The van der Waals surface area contributed by atoms with Gasteiger partial charge in [-0.15, -0.1) is 0 Å². The number of rotatable bonds is 12. The molecule has 0 saturated carbocycles. The van der Waals surface area contributed by atoms with Gasteiger partial charge in [0, 0.05) is 16.4 Å². The molecule has 1 saturated heterocycles. The Morgan fingerprint density at radius 3 is 2.69 bits per heavy atom. The highest BCUT2D eigenvalue weighted by molar-refractivity contribution is 9.10. The SMILES string of the molecule is CCC[C@H](C)OC(=O)[C@H](C)N[P@@](=O)(OC[C@H]1OC[C@@H](n2ccc(C)nc2=O)O1)Oc1ccc(Br)cc1. The van der Waals surface area contributed by atoms with Crippen LogP contribution in [0.1, 0.15) is 45.5 Å². The molecule has 0 radical (unpaired) electrons. The van der Waals surface area contributed by atoms with Crippen LogP contribution in [0.5, 0.6) is 5.75 Å². The molecule has 2 heterocycles. The zero-order chi connectivity index (χ0) is 26.3. The number of carbonyl (C=O) groups is 1. The van der Waals surface area contributed by atoms with Crippen molar-refractivity contribution in [2.45, 2.75) is 65.2 Å². The first-order valence-corrected chi connectivity index (χ1v) is 13.9. The molecule has 36 heavy (non-hydrogen) atoms. The number of hydrogen-bond acceptors (Lipinski definition) is 9. The first-order chi connectivity index (χ1) is 17.1. The second kappa shape index (κ2) is 12.9. The van der Waals surface area contributed by atoms with Gasteiger partial charge in [-0.3, -0.25) is 13.9 Å². The standard InChI is InChI=1S/C23H31BrN3O8P/c1-5-6-16(3)33-22(28)17(4)26-36(30,35-19-9-7-18(24)8-10-19)32-14-21-31-13-20(34-21)27-12-11-15(2)25-23(27)29/h7-12,16-17,20-21H,5-6,13-14H2,1-4H3,(H,26,30)/t16-,17-,20-,21-,36+/m0/s1. The van der Waals surface area contributed by atoms with Gasteiger partial charge in [0.15, 0.2) is 12.5 Å². The highest BCUT2D eigenvalue weighted by Gasteiger charge is 2.36. The number of aromatic nitrogens is 2. The van der Waals surface area contributed by atoms with Gasteiger partial charge in [-0.2, -0.15) is 10.1 Å². The van der Waals surface area contributed by atoms with E-state index in [1.165, 1.54) is 11.5 Å². The minimum atomic E-state index is -4.09. The summed E-state index contributed by atoms with van der Waals surface area (Å²) in [6.07, 6.45) is 1.21. The number of carbonyl (C=O) groups excluding carboxylic acids is 1. The largest absolute Gasteiger partial charge is 0.462 e. The molecule has 2 aromatic rings. The van der Waals surface area contributed by atoms with E-state index in [0.717, 1.165) is 10.9 Å².